The van der Waals surface area contributed by atoms with E-state index in [1.165, 1.54) is 6.07 Å². The highest BCUT2D eigenvalue weighted by atomic mass is 16.6. The van der Waals surface area contributed by atoms with Crippen molar-refractivity contribution in [3.63, 3.8) is 0 Å². The van der Waals surface area contributed by atoms with Gasteiger partial charge in [0.15, 0.2) is 0 Å². The molecule has 0 saturated heterocycles. The van der Waals surface area contributed by atoms with Gasteiger partial charge in [0.2, 0.25) is 0 Å². The summed E-state index contributed by atoms with van der Waals surface area (Å²) >= 11 is 0. The second-order valence-corrected chi connectivity index (χ2v) is 4.97. The third kappa shape index (κ3) is 3.45. The van der Waals surface area contributed by atoms with Crippen molar-refractivity contribution in [3.8, 4) is 23.0 Å². The zero-order valence-electron chi connectivity index (χ0n) is 12.3. The third-order valence-electron chi connectivity index (χ3n) is 3.43. The van der Waals surface area contributed by atoms with Gasteiger partial charge in [0.05, 0.1) is 4.92 Å². The Balaban J connectivity index is 1.87. The molecule has 0 spiro atoms. The van der Waals surface area contributed by atoms with E-state index in [0.29, 0.717) is 5.56 Å². The molecule has 23 heavy (non-hydrogen) atoms. The molecule has 0 bridgehead atoms. The number of benzene rings is 3. The molecular formula is C20H13NO2. The predicted molar refractivity (Wildman–Crippen MR) is 91.0 cm³/mol. The number of hydrogen-bond donors (Lipinski definition) is 0. The fourth-order valence-electron chi connectivity index (χ4n) is 2.25. The van der Waals surface area contributed by atoms with Crippen LogP contribution in [0.25, 0.3) is 11.1 Å². The molecule has 0 radical (unpaired) electrons. The first kappa shape index (κ1) is 14.6. The van der Waals surface area contributed by atoms with Crippen LogP contribution in [0.3, 0.4) is 0 Å². The number of para-hydroxylation sites is 1. The van der Waals surface area contributed by atoms with Crippen LogP contribution in [0.15, 0.2) is 78.9 Å². The van der Waals surface area contributed by atoms with Crippen LogP contribution >= 0.6 is 0 Å². The normalized spacial score (nSPS) is 9.74. The van der Waals surface area contributed by atoms with Gasteiger partial charge in [-0.1, -0.05) is 66.4 Å². The van der Waals surface area contributed by atoms with Gasteiger partial charge in [-0.05, 0) is 29.3 Å². The lowest BCUT2D eigenvalue weighted by Crippen LogP contribution is -1.91. The minimum Gasteiger partial charge on any atom is -0.258 e. The molecule has 0 amide bonds. The Bertz CT molecular complexity index is 888. The summed E-state index contributed by atoms with van der Waals surface area (Å²) in [5, 5.41) is 11.0. The fourth-order valence-corrected chi connectivity index (χ4v) is 2.25. The van der Waals surface area contributed by atoms with Gasteiger partial charge in [0, 0.05) is 11.6 Å². The second-order valence-electron chi connectivity index (χ2n) is 4.97. The van der Waals surface area contributed by atoms with Gasteiger partial charge < -0.3 is 0 Å². The molecule has 3 heteroatoms. The topological polar surface area (TPSA) is 43.1 Å². The Morgan fingerprint density at radius 2 is 1.30 bits per heavy atom. The molecule has 0 fully saturated rings. The maximum Gasteiger partial charge on any atom is 0.284 e. The first-order chi connectivity index (χ1) is 11.2. The molecule has 0 saturated carbocycles. The average Bonchev–Trinajstić information content (AvgIpc) is 2.61. The van der Waals surface area contributed by atoms with Crippen molar-refractivity contribution in [1.82, 2.24) is 0 Å². The Morgan fingerprint density at radius 3 is 2.00 bits per heavy atom. The Hall–Kier alpha value is -3.38. The molecule has 0 aliphatic heterocycles. The molecule has 0 aliphatic rings. The van der Waals surface area contributed by atoms with Crippen molar-refractivity contribution in [2.75, 3.05) is 0 Å². The van der Waals surface area contributed by atoms with Crippen LogP contribution in [0.5, 0.6) is 0 Å². The van der Waals surface area contributed by atoms with E-state index in [2.05, 4.69) is 11.8 Å². The minimum absolute atomic E-state index is 0.0286. The number of rotatable bonds is 2. The van der Waals surface area contributed by atoms with Crippen LogP contribution in [0, 0.1) is 22.0 Å². The summed E-state index contributed by atoms with van der Waals surface area (Å²) in [7, 11) is 0. The van der Waals surface area contributed by atoms with E-state index < -0.39 is 4.92 Å². The molecule has 0 N–H and O–H groups in total. The second kappa shape index (κ2) is 6.59. The largest absolute Gasteiger partial charge is 0.284 e. The molecule has 3 rings (SSSR count). The van der Waals surface area contributed by atoms with Crippen molar-refractivity contribution >= 4 is 5.69 Å². The smallest absolute Gasteiger partial charge is 0.258 e. The molecule has 3 aromatic carbocycles. The summed E-state index contributed by atoms with van der Waals surface area (Å²) in [6.45, 7) is 0. The summed E-state index contributed by atoms with van der Waals surface area (Å²) in [5.41, 5.74) is 3.53. The van der Waals surface area contributed by atoms with Crippen molar-refractivity contribution in [1.29, 1.82) is 0 Å². The summed E-state index contributed by atoms with van der Waals surface area (Å²) in [4.78, 5) is 10.6. The minimum atomic E-state index is -0.414. The van der Waals surface area contributed by atoms with Gasteiger partial charge in [0.1, 0.15) is 5.56 Å². The molecule has 0 atom stereocenters. The Kier molecular flexibility index (Phi) is 4.17. The molecule has 0 unspecified atom stereocenters. The summed E-state index contributed by atoms with van der Waals surface area (Å²) < 4.78 is 0. The quantitative estimate of drug-likeness (QED) is 0.392. The van der Waals surface area contributed by atoms with Gasteiger partial charge in [-0.2, -0.15) is 0 Å². The van der Waals surface area contributed by atoms with Crippen molar-refractivity contribution < 1.29 is 4.92 Å². The molecule has 0 aliphatic carbocycles. The van der Waals surface area contributed by atoms with E-state index in [-0.39, 0.29) is 5.69 Å². The Morgan fingerprint density at radius 1 is 0.696 bits per heavy atom. The number of nitro benzene ring substituents is 1. The van der Waals surface area contributed by atoms with Crippen molar-refractivity contribution in [3.05, 3.63) is 100 Å². The van der Waals surface area contributed by atoms with Crippen LogP contribution in [0.4, 0.5) is 5.69 Å². The maximum atomic E-state index is 11.0. The number of hydrogen-bond acceptors (Lipinski definition) is 2. The van der Waals surface area contributed by atoms with Gasteiger partial charge in [-0.3, -0.25) is 10.1 Å². The lowest BCUT2D eigenvalue weighted by Gasteiger charge is -2.00. The average molecular weight is 299 g/mol. The van der Waals surface area contributed by atoms with E-state index in [4.69, 9.17) is 0 Å². The molecule has 110 valence electrons. The number of nitro groups is 1. The standard InChI is InChI=1S/C20H13NO2/c22-21(23)20-9-5-4-8-19(20)15-12-16-10-13-18(14-11-16)17-6-2-1-3-7-17/h1-11,13-14H. The molecule has 0 aromatic heterocycles. The number of nitrogens with zero attached hydrogens (tertiary/aromatic N) is 1. The predicted octanol–water partition coefficient (Wildman–Crippen LogP) is 4.66. The van der Waals surface area contributed by atoms with Crippen LogP contribution in [-0.2, 0) is 0 Å². The first-order valence-electron chi connectivity index (χ1n) is 7.15. The Labute approximate surface area is 134 Å². The highest BCUT2D eigenvalue weighted by Crippen LogP contribution is 2.19. The summed E-state index contributed by atoms with van der Waals surface area (Å²) in [6.07, 6.45) is 0. The molecule has 3 aromatic rings. The van der Waals surface area contributed by atoms with Crippen LogP contribution in [-0.4, -0.2) is 4.92 Å². The van der Waals surface area contributed by atoms with Gasteiger partial charge in [-0.15, -0.1) is 0 Å². The van der Waals surface area contributed by atoms with Gasteiger partial charge in [0.25, 0.3) is 5.69 Å². The van der Waals surface area contributed by atoms with Gasteiger partial charge >= 0.3 is 0 Å². The van der Waals surface area contributed by atoms with Crippen molar-refractivity contribution in [2.24, 2.45) is 0 Å². The van der Waals surface area contributed by atoms with Crippen molar-refractivity contribution in [2.45, 2.75) is 0 Å². The first-order valence-corrected chi connectivity index (χ1v) is 7.15. The third-order valence-corrected chi connectivity index (χ3v) is 3.43. The zero-order valence-corrected chi connectivity index (χ0v) is 12.3. The van der Waals surface area contributed by atoms with Crippen LogP contribution in [0.1, 0.15) is 11.1 Å². The van der Waals surface area contributed by atoms with E-state index in [1.807, 2.05) is 54.6 Å². The van der Waals surface area contributed by atoms with Crippen LogP contribution in [0.2, 0.25) is 0 Å². The lowest BCUT2D eigenvalue weighted by atomic mass is 10.0. The fraction of sp³-hybridized carbons (Fsp3) is 0. The maximum absolute atomic E-state index is 11.0. The van der Waals surface area contributed by atoms with E-state index >= 15 is 0 Å². The summed E-state index contributed by atoms with van der Waals surface area (Å²) in [5.74, 6) is 5.86. The molecular weight excluding hydrogens is 286 g/mol. The highest BCUT2D eigenvalue weighted by molar-refractivity contribution is 5.64. The monoisotopic (exact) mass is 299 g/mol. The molecule has 3 nitrogen and oxygen atoms in total. The summed E-state index contributed by atoms with van der Waals surface area (Å²) in [6, 6.07) is 24.4. The molecule has 0 heterocycles. The van der Waals surface area contributed by atoms with E-state index in [1.54, 1.807) is 18.2 Å². The zero-order chi connectivity index (χ0) is 16.1. The SMILES string of the molecule is O=[N+]([O-])c1ccccc1C#Cc1ccc(-c2ccccc2)cc1. The highest BCUT2D eigenvalue weighted by Gasteiger charge is 2.09. The lowest BCUT2D eigenvalue weighted by molar-refractivity contribution is -0.385. The van der Waals surface area contributed by atoms with E-state index in [9.17, 15) is 10.1 Å². The van der Waals surface area contributed by atoms with E-state index in [0.717, 1.165) is 16.7 Å². The van der Waals surface area contributed by atoms with Gasteiger partial charge in [-0.25, -0.2) is 0 Å². The van der Waals surface area contributed by atoms with Crippen LogP contribution < -0.4 is 0 Å².